The summed E-state index contributed by atoms with van der Waals surface area (Å²) in [4.78, 5) is 28.9. The molecule has 2 amide bonds. The van der Waals surface area contributed by atoms with E-state index < -0.39 is 5.41 Å². The molecule has 0 spiro atoms. The number of fused-ring (bicyclic) bond motifs is 6. The number of rotatable bonds is 8. The third-order valence-corrected chi connectivity index (χ3v) is 9.20. The second kappa shape index (κ2) is 9.74. The van der Waals surface area contributed by atoms with Crippen molar-refractivity contribution in [2.75, 3.05) is 13.1 Å². The van der Waals surface area contributed by atoms with Gasteiger partial charge in [0.05, 0.1) is 13.1 Å². The first-order valence-corrected chi connectivity index (χ1v) is 14.3. The Bertz CT molecular complexity index is 1500. The molecule has 7 rings (SSSR count). The maximum atomic E-state index is 14.5. The Morgan fingerprint density at radius 2 is 0.829 bits per heavy atom. The van der Waals surface area contributed by atoms with Gasteiger partial charge >= 0.3 is 0 Å². The molecule has 1 aliphatic heterocycles. The normalized spacial score (nSPS) is 16.9. The standard InChI is InChI=1S/C37H32N2O2/c1-3-21-37(22-4-2)35(40)38(23-33-29-17-9-5-13-25(29)26-14-6-10-18-30(26)33)39(36(37)41)24-34-31-19-11-7-15-27(31)28-16-8-12-20-32(28)34/h3-20,33-34H,1-2,21-24H2. The van der Waals surface area contributed by atoms with Crippen molar-refractivity contribution >= 4 is 11.8 Å². The van der Waals surface area contributed by atoms with E-state index in [1.807, 2.05) is 0 Å². The summed E-state index contributed by atoms with van der Waals surface area (Å²) in [6, 6.07) is 33.6. The lowest BCUT2D eigenvalue weighted by molar-refractivity contribution is -0.147. The highest BCUT2D eigenvalue weighted by molar-refractivity contribution is 6.10. The average molecular weight is 537 g/mol. The van der Waals surface area contributed by atoms with E-state index in [9.17, 15) is 9.59 Å². The highest BCUT2D eigenvalue weighted by atomic mass is 16.2. The first-order valence-electron chi connectivity index (χ1n) is 14.3. The topological polar surface area (TPSA) is 40.6 Å². The molecule has 1 fully saturated rings. The molecule has 0 aromatic heterocycles. The van der Waals surface area contributed by atoms with Crippen molar-refractivity contribution in [1.82, 2.24) is 10.0 Å². The zero-order chi connectivity index (χ0) is 28.1. The third-order valence-electron chi connectivity index (χ3n) is 9.20. The molecule has 4 aromatic carbocycles. The molecule has 4 heteroatoms. The Kier molecular flexibility index (Phi) is 6.01. The summed E-state index contributed by atoms with van der Waals surface area (Å²) in [5, 5.41) is 3.50. The average Bonchev–Trinajstić information content (AvgIpc) is 3.56. The van der Waals surface area contributed by atoms with E-state index >= 15 is 0 Å². The van der Waals surface area contributed by atoms with E-state index in [4.69, 9.17) is 0 Å². The minimum absolute atomic E-state index is 0.0342. The van der Waals surface area contributed by atoms with Crippen molar-refractivity contribution in [3.05, 3.63) is 145 Å². The molecule has 1 saturated heterocycles. The maximum Gasteiger partial charge on any atom is 0.257 e. The van der Waals surface area contributed by atoms with Crippen LogP contribution in [0.15, 0.2) is 122 Å². The largest absolute Gasteiger partial charge is 0.272 e. The van der Waals surface area contributed by atoms with Gasteiger partial charge < -0.3 is 0 Å². The van der Waals surface area contributed by atoms with E-state index in [2.05, 4.69) is 110 Å². The van der Waals surface area contributed by atoms with Crippen LogP contribution in [0.1, 0.15) is 46.9 Å². The maximum absolute atomic E-state index is 14.5. The summed E-state index contributed by atoms with van der Waals surface area (Å²) >= 11 is 0. The SMILES string of the molecule is C=CCC1(CC=C)C(=O)N(CC2c3ccccc3-c3ccccc32)N(CC2c3ccccc3-c3ccccc32)C1=O. The lowest BCUT2D eigenvalue weighted by Gasteiger charge is -2.33. The molecule has 2 aliphatic carbocycles. The summed E-state index contributed by atoms with van der Waals surface area (Å²) < 4.78 is 0. The molecule has 0 bridgehead atoms. The summed E-state index contributed by atoms with van der Waals surface area (Å²) in [6.07, 6.45) is 3.95. The van der Waals surface area contributed by atoms with E-state index in [1.165, 1.54) is 44.5 Å². The van der Waals surface area contributed by atoms with Gasteiger partial charge in [0.15, 0.2) is 0 Å². The Hall–Kier alpha value is -4.70. The number of carbonyl (C=O) groups is 2. The monoisotopic (exact) mass is 536 g/mol. The minimum Gasteiger partial charge on any atom is -0.272 e. The van der Waals surface area contributed by atoms with Gasteiger partial charge in [0, 0.05) is 11.8 Å². The number of nitrogens with zero attached hydrogens (tertiary/aromatic N) is 2. The van der Waals surface area contributed by atoms with Crippen molar-refractivity contribution in [1.29, 1.82) is 0 Å². The van der Waals surface area contributed by atoms with Crippen LogP contribution in [0.2, 0.25) is 0 Å². The highest BCUT2D eigenvalue weighted by Crippen LogP contribution is 2.49. The number of benzene rings is 4. The fourth-order valence-electron chi connectivity index (χ4n) is 7.35. The van der Waals surface area contributed by atoms with Gasteiger partial charge in [0.25, 0.3) is 11.8 Å². The van der Waals surface area contributed by atoms with Gasteiger partial charge in [-0.2, -0.15) is 0 Å². The van der Waals surface area contributed by atoms with Gasteiger partial charge in [0.1, 0.15) is 5.41 Å². The highest BCUT2D eigenvalue weighted by Gasteiger charge is 2.58. The molecule has 4 aromatic rings. The Morgan fingerprint density at radius 1 is 0.537 bits per heavy atom. The quantitative estimate of drug-likeness (QED) is 0.175. The van der Waals surface area contributed by atoms with Crippen LogP contribution >= 0.6 is 0 Å². The number of hydrogen-bond acceptors (Lipinski definition) is 2. The molecule has 202 valence electrons. The van der Waals surface area contributed by atoms with E-state index in [-0.39, 0.29) is 36.5 Å². The molecule has 0 radical (unpaired) electrons. The molecule has 0 unspecified atom stereocenters. The number of carbonyl (C=O) groups excluding carboxylic acids is 2. The fourth-order valence-corrected chi connectivity index (χ4v) is 7.35. The molecule has 0 atom stereocenters. The molecule has 1 heterocycles. The van der Waals surface area contributed by atoms with Crippen molar-refractivity contribution in [2.45, 2.75) is 24.7 Å². The van der Waals surface area contributed by atoms with Gasteiger partial charge in [-0.15, -0.1) is 13.2 Å². The molecule has 0 saturated carbocycles. The molecule has 0 N–H and O–H groups in total. The number of hydrogen-bond donors (Lipinski definition) is 0. The molecular formula is C37H32N2O2. The summed E-state index contributed by atoms with van der Waals surface area (Å²) in [5.41, 5.74) is 8.31. The van der Waals surface area contributed by atoms with Crippen LogP contribution in [-0.2, 0) is 9.59 Å². The van der Waals surface area contributed by atoms with Crippen molar-refractivity contribution in [3.63, 3.8) is 0 Å². The van der Waals surface area contributed by atoms with Crippen molar-refractivity contribution < 1.29 is 9.59 Å². The first kappa shape index (κ1) is 25.3. The van der Waals surface area contributed by atoms with Gasteiger partial charge in [-0.1, -0.05) is 109 Å². The van der Waals surface area contributed by atoms with Crippen LogP contribution in [0.3, 0.4) is 0 Å². The van der Waals surface area contributed by atoms with Crippen molar-refractivity contribution in [2.24, 2.45) is 5.41 Å². The number of hydrazine groups is 1. The van der Waals surface area contributed by atoms with Crippen LogP contribution in [0.5, 0.6) is 0 Å². The zero-order valence-electron chi connectivity index (χ0n) is 23.0. The number of amides is 2. The van der Waals surface area contributed by atoms with Crippen LogP contribution < -0.4 is 0 Å². The van der Waals surface area contributed by atoms with Crippen molar-refractivity contribution in [3.8, 4) is 22.3 Å². The molecule has 4 nitrogen and oxygen atoms in total. The van der Waals surface area contributed by atoms with Crippen LogP contribution in [-0.4, -0.2) is 34.9 Å². The third kappa shape index (κ3) is 3.67. The van der Waals surface area contributed by atoms with Gasteiger partial charge in [-0.05, 0) is 57.3 Å². The second-order valence-electron chi connectivity index (χ2n) is 11.3. The molecule has 3 aliphatic rings. The fraction of sp³-hybridized carbons (Fsp3) is 0.189. The van der Waals surface area contributed by atoms with E-state index in [0.717, 1.165) is 0 Å². The van der Waals surface area contributed by atoms with Crippen LogP contribution in [0, 0.1) is 5.41 Å². The predicted octanol–water partition coefficient (Wildman–Crippen LogP) is 7.34. The van der Waals surface area contributed by atoms with Crippen LogP contribution in [0.4, 0.5) is 0 Å². The zero-order valence-corrected chi connectivity index (χ0v) is 23.0. The minimum atomic E-state index is -1.22. The van der Waals surface area contributed by atoms with E-state index in [0.29, 0.717) is 13.1 Å². The summed E-state index contributed by atoms with van der Waals surface area (Å²) in [7, 11) is 0. The number of allylic oxidation sites excluding steroid dienone is 2. The molecular weight excluding hydrogens is 504 g/mol. The van der Waals surface area contributed by atoms with Gasteiger partial charge in [-0.3, -0.25) is 9.59 Å². The Balaban J connectivity index is 1.33. The Labute approximate surface area is 241 Å². The molecule has 41 heavy (non-hydrogen) atoms. The predicted molar refractivity (Wildman–Crippen MR) is 163 cm³/mol. The van der Waals surface area contributed by atoms with Gasteiger partial charge in [0.2, 0.25) is 0 Å². The second-order valence-corrected chi connectivity index (χ2v) is 11.3. The first-order chi connectivity index (χ1) is 20.1. The Morgan fingerprint density at radius 3 is 1.12 bits per heavy atom. The smallest absolute Gasteiger partial charge is 0.257 e. The summed E-state index contributed by atoms with van der Waals surface area (Å²) in [5.74, 6) is -0.395. The van der Waals surface area contributed by atoms with Gasteiger partial charge in [-0.25, -0.2) is 10.0 Å². The van der Waals surface area contributed by atoms with E-state index in [1.54, 1.807) is 22.2 Å². The lowest BCUT2D eigenvalue weighted by Crippen LogP contribution is -2.45. The summed E-state index contributed by atoms with van der Waals surface area (Å²) in [6.45, 7) is 8.63. The lowest BCUT2D eigenvalue weighted by atomic mass is 9.80. The van der Waals surface area contributed by atoms with Crippen LogP contribution in [0.25, 0.3) is 22.3 Å².